The van der Waals surface area contributed by atoms with Crippen molar-refractivity contribution in [1.82, 2.24) is 0 Å². The van der Waals surface area contributed by atoms with E-state index in [1.165, 1.54) is 0 Å². The van der Waals surface area contributed by atoms with Crippen LogP contribution in [0.3, 0.4) is 0 Å². The van der Waals surface area contributed by atoms with Crippen LogP contribution < -0.4 is 4.90 Å². The number of ketones is 1. The number of allylic oxidation sites excluding steroid dienone is 2. The van der Waals surface area contributed by atoms with Crippen molar-refractivity contribution in [1.29, 1.82) is 0 Å². The number of rotatable bonds is 6. The van der Waals surface area contributed by atoms with E-state index in [1.54, 1.807) is 0 Å². The van der Waals surface area contributed by atoms with E-state index in [1.807, 2.05) is 82.2 Å². The Morgan fingerprint density at radius 1 is 1.06 bits per heavy atom. The summed E-state index contributed by atoms with van der Waals surface area (Å²) in [5.74, 6) is -1.11. The van der Waals surface area contributed by atoms with Crippen molar-refractivity contribution in [2.45, 2.75) is 58.0 Å². The summed E-state index contributed by atoms with van der Waals surface area (Å²) in [6.07, 6.45) is 1.68. The van der Waals surface area contributed by atoms with E-state index in [0.29, 0.717) is 18.4 Å². The fourth-order valence-corrected chi connectivity index (χ4v) is 5.02. The third kappa shape index (κ3) is 4.70. The Labute approximate surface area is 202 Å². The molecule has 1 aliphatic carbocycles. The van der Waals surface area contributed by atoms with Gasteiger partial charge in [-0.25, -0.2) is 0 Å². The van der Waals surface area contributed by atoms with Gasteiger partial charge in [-0.05, 0) is 55.9 Å². The number of Topliss-reactive ketones (excluding diaryl/α,β-unsaturated/α-hetero) is 1. The molecule has 0 aromatic heterocycles. The largest absolute Gasteiger partial charge is 0.462 e. The predicted molar refractivity (Wildman–Crippen MR) is 136 cm³/mol. The van der Waals surface area contributed by atoms with Crippen LogP contribution in [0, 0.1) is 5.92 Å². The van der Waals surface area contributed by atoms with Crippen LogP contribution in [0.2, 0.25) is 0 Å². The van der Waals surface area contributed by atoms with E-state index in [-0.39, 0.29) is 29.7 Å². The monoisotopic (exact) mass is 458 g/mol. The van der Waals surface area contributed by atoms with Crippen molar-refractivity contribution in [3.05, 3.63) is 77.0 Å². The average Bonchev–Trinajstić information content (AvgIpc) is 2.83. The molecule has 5 heteroatoms. The maximum atomic E-state index is 13.6. The summed E-state index contributed by atoms with van der Waals surface area (Å²) in [6, 6.07) is 18.3. The first-order valence-electron chi connectivity index (χ1n) is 12.1. The Kier molecular flexibility index (Phi) is 7.01. The number of anilines is 1. The van der Waals surface area contributed by atoms with Crippen LogP contribution >= 0.6 is 0 Å². The highest BCUT2D eigenvalue weighted by Crippen LogP contribution is 2.47. The summed E-state index contributed by atoms with van der Waals surface area (Å²) in [5, 5.41) is 0. The third-order valence-electron chi connectivity index (χ3n) is 7.07. The summed E-state index contributed by atoms with van der Waals surface area (Å²) in [7, 11) is 3.99. The van der Waals surface area contributed by atoms with Gasteiger partial charge in [-0.1, -0.05) is 49.4 Å². The van der Waals surface area contributed by atoms with Crippen molar-refractivity contribution in [2.24, 2.45) is 10.9 Å². The zero-order chi connectivity index (χ0) is 24.4. The van der Waals surface area contributed by atoms with E-state index in [0.717, 1.165) is 34.6 Å². The molecule has 0 saturated heterocycles. The van der Waals surface area contributed by atoms with E-state index in [2.05, 4.69) is 12.1 Å². The van der Waals surface area contributed by atoms with Crippen LogP contribution in [0.5, 0.6) is 0 Å². The molecule has 2 aromatic rings. The molecule has 34 heavy (non-hydrogen) atoms. The van der Waals surface area contributed by atoms with E-state index in [4.69, 9.17) is 9.73 Å². The molecule has 1 unspecified atom stereocenters. The average molecular weight is 459 g/mol. The molecular weight excluding hydrogens is 424 g/mol. The Morgan fingerprint density at radius 3 is 2.35 bits per heavy atom. The number of hydrogen-bond acceptors (Lipinski definition) is 5. The maximum absolute atomic E-state index is 13.6. The molecule has 4 atom stereocenters. The van der Waals surface area contributed by atoms with Gasteiger partial charge in [-0.3, -0.25) is 14.6 Å². The van der Waals surface area contributed by atoms with Crippen LogP contribution in [0.4, 0.5) is 5.69 Å². The molecule has 0 spiro atoms. The van der Waals surface area contributed by atoms with Gasteiger partial charge >= 0.3 is 5.97 Å². The molecule has 2 aliphatic rings. The van der Waals surface area contributed by atoms with Gasteiger partial charge in [0.25, 0.3) is 0 Å². The highest BCUT2D eigenvalue weighted by Gasteiger charge is 2.45. The second-order valence-electron chi connectivity index (χ2n) is 9.65. The minimum atomic E-state index is -0.602. The normalized spacial score (nSPS) is 23.1. The summed E-state index contributed by atoms with van der Waals surface area (Å²) in [6.45, 7) is 5.78. The van der Waals surface area contributed by atoms with Gasteiger partial charge < -0.3 is 9.64 Å². The number of benzene rings is 2. The lowest BCUT2D eigenvalue weighted by Crippen LogP contribution is -2.39. The number of ether oxygens (including phenoxy) is 1. The number of carbonyl (C=O) groups is 2. The van der Waals surface area contributed by atoms with Gasteiger partial charge in [0.05, 0.1) is 6.10 Å². The summed E-state index contributed by atoms with van der Waals surface area (Å²) < 4.78 is 5.77. The van der Waals surface area contributed by atoms with Crippen molar-refractivity contribution in [3.8, 4) is 0 Å². The van der Waals surface area contributed by atoms with Gasteiger partial charge in [0.15, 0.2) is 5.78 Å². The zero-order valence-electron chi connectivity index (χ0n) is 20.7. The van der Waals surface area contributed by atoms with Crippen molar-refractivity contribution >= 4 is 23.2 Å². The first-order valence-corrected chi connectivity index (χ1v) is 12.1. The fourth-order valence-electron chi connectivity index (χ4n) is 5.02. The minimum absolute atomic E-state index is 0.0781. The van der Waals surface area contributed by atoms with Gasteiger partial charge in [0, 0.05) is 49.1 Å². The Hall–Kier alpha value is -3.21. The van der Waals surface area contributed by atoms with Crippen LogP contribution in [-0.2, 0) is 14.3 Å². The van der Waals surface area contributed by atoms with E-state index >= 15 is 0 Å². The Balaban J connectivity index is 1.78. The quantitative estimate of drug-likeness (QED) is 0.524. The molecule has 1 aliphatic heterocycles. The Morgan fingerprint density at radius 2 is 1.74 bits per heavy atom. The highest BCUT2D eigenvalue weighted by molar-refractivity contribution is 6.09. The molecule has 0 fully saturated rings. The standard InChI is InChI=1S/C29H34N2O3/c1-6-18(2)34-29(33)26-19(3)30-24-16-22(20-10-8-7-9-11-20)17-25(32)28(24)27(26)21-12-14-23(15-13-21)31(4)5/h7-15,18,22,26-27H,6,16-17H2,1-5H3/t18-,22-,26?,27-/m1/s1. The number of esters is 1. The van der Waals surface area contributed by atoms with Gasteiger partial charge in [-0.15, -0.1) is 0 Å². The lowest BCUT2D eigenvalue weighted by atomic mass is 9.69. The van der Waals surface area contributed by atoms with Crippen LogP contribution in [-0.4, -0.2) is 37.7 Å². The minimum Gasteiger partial charge on any atom is -0.462 e. The maximum Gasteiger partial charge on any atom is 0.315 e. The predicted octanol–water partition coefficient (Wildman–Crippen LogP) is 5.67. The van der Waals surface area contributed by atoms with Crippen LogP contribution in [0.1, 0.15) is 63.0 Å². The first kappa shape index (κ1) is 23.9. The molecule has 4 rings (SSSR count). The second-order valence-corrected chi connectivity index (χ2v) is 9.65. The van der Waals surface area contributed by atoms with E-state index in [9.17, 15) is 9.59 Å². The molecule has 0 radical (unpaired) electrons. The lowest BCUT2D eigenvalue weighted by molar-refractivity contribution is -0.151. The molecule has 0 bridgehead atoms. The molecular formula is C29H34N2O3. The highest BCUT2D eigenvalue weighted by atomic mass is 16.5. The molecule has 5 nitrogen and oxygen atoms in total. The Bertz CT molecular complexity index is 1120. The number of carbonyl (C=O) groups excluding carboxylic acids is 2. The number of nitrogens with zero attached hydrogens (tertiary/aromatic N) is 2. The van der Waals surface area contributed by atoms with E-state index < -0.39 is 5.92 Å². The van der Waals surface area contributed by atoms with Crippen molar-refractivity contribution in [3.63, 3.8) is 0 Å². The molecule has 0 amide bonds. The number of hydrogen-bond donors (Lipinski definition) is 0. The van der Waals surface area contributed by atoms with Crippen molar-refractivity contribution in [2.75, 3.05) is 19.0 Å². The fraction of sp³-hybridized carbons (Fsp3) is 0.414. The van der Waals surface area contributed by atoms with Gasteiger partial charge in [-0.2, -0.15) is 0 Å². The van der Waals surface area contributed by atoms with Crippen molar-refractivity contribution < 1.29 is 14.3 Å². The molecule has 178 valence electrons. The first-order chi connectivity index (χ1) is 16.3. The second kappa shape index (κ2) is 9.96. The topological polar surface area (TPSA) is 59.0 Å². The molecule has 2 aromatic carbocycles. The molecule has 0 saturated carbocycles. The molecule has 1 heterocycles. The third-order valence-corrected chi connectivity index (χ3v) is 7.07. The summed E-state index contributed by atoms with van der Waals surface area (Å²) in [5.41, 5.74) is 5.39. The van der Waals surface area contributed by atoms with Crippen LogP contribution in [0.15, 0.2) is 70.9 Å². The van der Waals surface area contributed by atoms with Crippen LogP contribution in [0.25, 0.3) is 0 Å². The zero-order valence-corrected chi connectivity index (χ0v) is 20.7. The SMILES string of the molecule is CC[C@@H](C)OC(=O)C1C(C)=NC2=C(C(=O)C[C@H](c3ccccc3)C2)[C@@H]1c1ccc(N(C)C)cc1. The lowest BCUT2D eigenvalue weighted by Gasteiger charge is -2.37. The summed E-state index contributed by atoms with van der Waals surface area (Å²) in [4.78, 5) is 33.9. The van der Waals surface area contributed by atoms with Gasteiger partial charge in [0.2, 0.25) is 0 Å². The van der Waals surface area contributed by atoms with Gasteiger partial charge in [0.1, 0.15) is 5.92 Å². The summed E-state index contributed by atoms with van der Waals surface area (Å²) >= 11 is 0. The smallest absolute Gasteiger partial charge is 0.315 e. The molecule has 0 N–H and O–H groups in total. The number of aliphatic imine (C=N–C) groups is 1.